The monoisotopic (exact) mass is 325 g/mol. The SMILES string of the molecule is Fc1ccc([C@@H]2CN(c3noc(-c4ccccc4)n3)CCO2)cc1. The van der Waals surface area contributed by atoms with Gasteiger partial charge < -0.3 is 14.2 Å². The van der Waals surface area contributed by atoms with E-state index in [0.29, 0.717) is 31.5 Å². The van der Waals surface area contributed by atoms with Gasteiger partial charge >= 0.3 is 0 Å². The van der Waals surface area contributed by atoms with Gasteiger partial charge in [-0.2, -0.15) is 4.98 Å². The number of halogens is 1. The fourth-order valence-corrected chi connectivity index (χ4v) is 2.75. The minimum atomic E-state index is -0.253. The number of benzene rings is 2. The number of hydrogen-bond donors (Lipinski definition) is 0. The molecule has 0 saturated carbocycles. The molecule has 2 heterocycles. The van der Waals surface area contributed by atoms with E-state index in [1.165, 1.54) is 12.1 Å². The van der Waals surface area contributed by atoms with Crippen molar-refractivity contribution in [1.29, 1.82) is 0 Å². The zero-order valence-corrected chi connectivity index (χ0v) is 12.9. The summed E-state index contributed by atoms with van der Waals surface area (Å²) in [6.45, 7) is 1.84. The highest BCUT2D eigenvalue weighted by Gasteiger charge is 2.25. The maximum Gasteiger partial charge on any atom is 0.266 e. The Hall–Kier alpha value is -2.73. The van der Waals surface area contributed by atoms with Gasteiger partial charge in [0.25, 0.3) is 11.8 Å². The van der Waals surface area contributed by atoms with Crippen molar-refractivity contribution in [1.82, 2.24) is 10.1 Å². The van der Waals surface area contributed by atoms with Gasteiger partial charge in [0, 0.05) is 12.1 Å². The van der Waals surface area contributed by atoms with Crippen LogP contribution in [0.15, 0.2) is 59.1 Å². The Morgan fingerprint density at radius 2 is 1.83 bits per heavy atom. The largest absolute Gasteiger partial charge is 0.370 e. The zero-order valence-electron chi connectivity index (χ0n) is 12.9. The highest BCUT2D eigenvalue weighted by Crippen LogP contribution is 2.26. The summed E-state index contributed by atoms with van der Waals surface area (Å²) in [4.78, 5) is 6.50. The maximum atomic E-state index is 13.1. The Bertz CT molecular complexity index is 805. The Labute approximate surface area is 138 Å². The van der Waals surface area contributed by atoms with E-state index in [4.69, 9.17) is 9.26 Å². The van der Waals surface area contributed by atoms with Gasteiger partial charge in [0.2, 0.25) is 0 Å². The van der Waals surface area contributed by atoms with Gasteiger partial charge in [-0.3, -0.25) is 0 Å². The molecule has 0 aliphatic carbocycles. The summed E-state index contributed by atoms with van der Waals surface area (Å²) in [6.07, 6.45) is -0.141. The molecular weight excluding hydrogens is 309 g/mol. The Kier molecular flexibility index (Phi) is 3.96. The molecule has 1 aromatic heterocycles. The van der Waals surface area contributed by atoms with Crippen LogP contribution < -0.4 is 4.90 Å². The minimum Gasteiger partial charge on any atom is -0.370 e. The van der Waals surface area contributed by atoms with Crippen LogP contribution in [-0.4, -0.2) is 29.8 Å². The van der Waals surface area contributed by atoms with Crippen LogP contribution >= 0.6 is 0 Å². The first-order valence-electron chi connectivity index (χ1n) is 7.81. The van der Waals surface area contributed by atoms with E-state index in [-0.39, 0.29) is 11.9 Å². The van der Waals surface area contributed by atoms with E-state index < -0.39 is 0 Å². The molecular formula is C18H16FN3O2. The highest BCUT2D eigenvalue weighted by molar-refractivity contribution is 5.54. The van der Waals surface area contributed by atoms with E-state index in [0.717, 1.165) is 11.1 Å². The summed E-state index contributed by atoms with van der Waals surface area (Å²) in [5.74, 6) is 0.789. The van der Waals surface area contributed by atoms with Gasteiger partial charge in [0.15, 0.2) is 0 Å². The summed E-state index contributed by atoms with van der Waals surface area (Å²) < 4.78 is 24.2. The van der Waals surface area contributed by atoms with Gasteiger partial charge in [-0.25, -0.2) is 4.39 Å². The Morgan fingerprint density at radius 1 is 1.04 bits per heavy atom. The topological polar surface area (TPSA) is 51.4 Å². The highest BCUT2D eigenvalue weighted by atomic mass is 19.1. The molecule has 0 bridgehead atoms. The van der Waals surface area contributed by atoms with Crippen molar-refractivity contribution < 1.29 is 13.7 Å². The molecule has 0 N–H and O–H groups in total. The van der Waals surface area contributed by atoms with E-state index in [1.807, 2.05) is 35.2 Å². The number of nitrogens with zero attached hydrogens (tertiary/aromatic N) is 3. The molecule has 1 saturated heterocycles. The van der Waals surface area contributed by atoms with E-state index >= 15 is 0 Å². The summed E-state index contributed by atoms with van der Waals surface area (Å²) in [5.41, 5.74) is 1.83. The standard InChI is InChI=1S/C18H16FN3O2/c19-15-8-6-13(7-9-15)16-12-22(10-11-23-16)18-20-17(24-21-18)14-4-2-1-3-5-14/h1-9,16H,10-12H2/t16-/m0/s1. The molecule has 5 nitrogen and oxygen atoms in total. The summed E-state index contributed by atoms with van der Waals surface area (Å²) >= 11 is 0. The van der Waals surface area contributed by atoms with Crippen LogP contribution in [0.5, 0.6) is 0 Å². The van der Waals surface area contributed by atoms with Crippen LogP contribution in [0.3, 0.4) is 0 Å². The molecule has 122 valence electrons. The number of hydrogen-bond acceptors (Lipinski definition) is 5. The lowest BCUT2D eigenvalue weighted by Gasteiger charge is -2.32. The molecule has 3 aromatic rings. The second-order valence-corrected chi connectivity index (χ2v) is 5.62. The normalized spacial score (nSPS) is 17.9. The molecule has 1 aliphatic rings. The van der Waals surface area contributed by atoms with E-state index in [1.54, 1.807) is 12.1 Å². The average Bonchev–Trinajstić information content (AvgIpc) is 3.13. The first kappa shape index (κ1) is 14.8. The summed E-state index contributed by atoms with van der Waals surface area (Å²) in [5, 5.41) is 4.08. The molecule has 4 rings (SSSR count). The predicted octanol–water partition coefficient (Wildman–Crippen LogP) is 3.45. The Morgan fingerprint density at radius 3 is 2.62 bits per heavy atom. The van der Waals surface area contributed by atoms with Gasteiger partial charge in [0.1, 0.15) is 11.9 Å². The maximum absolute atomic E-state index is 13.1. The van der Waals surface area contributed by atoms with Crippen LogP contribution in [-0.2, 0) is 4.74 Å². The number of morpholine rings is 1. The van der Waals surface area contributed by atoms with Crippen LogP contribution in [0.1, 0.15) is 11.7 Å². The molecule has 2 aromatic carbocycles. The van der Waals surface area contributed by atoms with Crippen LogP contribution in [0, 0.1) is 5.82 Å². The summed E-state index contributed by atoms with van der Waals surface area (Å²) in [7, 11) is 0. The van der Waals surface area contributed by atoms with Gasteiger partial charge in [0.05, 0.1) is 13.2 Å². The van der Waals surface area contributed by atoms with Crippen molar-refractivity contribution in [2.75, 3.05) is 24.6 Å². The third kappa shape index (κ3) is 3.00. The molecule has 0 amide bonds. The van der Waals surface area contributed by atoms with Crippen molar-refractivity contribution >= 4 is 5.95 Å². The molecule has 24 heavy (non-hydrogen) atoms. The quantitative estimate of drug-likeness (QED) is 0.738. The molecule has 0 radical (unpaired) electrons. The van der Waals surface area contributed by atoms with Gasteiger partial charge in [-0.1, -0.05) is 30.3 Å². The summed E-state index contributed by atoms with van der Waals surface area (Å²) in [6, 6.07) is 16.0. The lowest BCUT2D eigenvalue weighted by molar-refractivity contribution is 0.0390. The number of anilines is 1. The number of aromatic nitrogens is 2. The van der Waals surface area contributed by atoms with Gasteiger partial charge in [-0.15, -0.1) is 0 Å². The number of ether oxygens (including phenoxy) is 1. The van der Waals surface area contributed by atoms with Gasteiger partial charge in [-0.05, 0) is 35.0 Å². The fourth-order valence-electron chi connectivity index (χ4n) is 2.75. The van der Waals surface area contributed by atoms with Crippen LogP contribution in [0.4, 0.5) is 10.3 Å². The van der Waals surface area contributed by atoms with Crippen molar-refractivity contribution in [3.8, 4) is 11.5 Å². The lowest BCUT2D eigenvalue weighted by Crippen LogP contribution is -2.39. The molecule has 1 atom stereocenters. The first-order valence-corrected chi connectivity index (χ1v) is 7.81. The number of rotatable bonds is 3. The predicted molar refractivity (Wildman–Crippen MR) is 87.0 cm³/mol. The van der Waals surface area contributed by atoms with Crippen molar-refractivity contribution in [2.45, 2.75) is 6.10 Å². The Balaban J connectivity index is 1.52. The molecule has 1 fully saturated rings. The third-order valence-electron chi connectivity index (χ3n) is 4.03. The van der Waals surface area contributed by atoms with Crippen molar-refractivity contribution in [2.24, 2.45) is 0 Å². The molecule has 1 aliphatic heterocycles. The lowest BCUT2D eigenvalue weighted by atomic mass is 10.1. The fraction of sp³-hybridized carbons (Fsp3) is 0.222. The van der Waals surface area contributed by atoms with Crippen molar-refractivity contribution in [3.05, 3.63) is 66.0 Å². The molecule has 6 heteroatoms. The second kappa shape index (κ2) is 6.41. The van der Waals surface area contributed by atoms with Crippen LogP contribution in [0.2, 0.25) is 0 Å². The van der Waals surface area contributed by atoms with E-state index in [9.17, 15) is 4.39 Å². The first-order chi connectivity index (χ1) is 11.8. The second-order valence-electron chi connectivity index (χ2n) is 5.62. The third-order valence-corrected chi connectivity index (χ3v) is 4.03. The van der Waals surface area contributed by atoms with Crippen molar-refractivity contribution in [3.63, 3.8) is 0 Å². The average molecular weight is 325 g/mol. The van der Waals surface area contributed by atoms with E-state index in [2.05, 4.69) is 10.1 Å². The molecule has 0 spiro atoms. The smallest absolute Gasteiger partial charge is 0.266 e. The molecule has 0 unspecified atom stereocenters. The minimum absolute atomic E-state index is 0.141. The zero-order chi connectivity index (χ0) is 16.4. The van der Waals surface area contributed by atoms with Crippen LogP contribution in [0.25, 0.3) is 11.5 Å².